The second-order valence-electron chi connectivity index (χ2n) is 4.34. The first kappa shape index (κ1) is 13.2. The summed E-state index contributed by atoms with van der Waals surface area (Å²) in [5, 5.41) is 6.43. The highest BCUT2D eigenvalue weighted by Gasteiger charge is 2.20. The normalized spacial score (nSPS) is 16.3. The van der Waals surface area contributed by atoms with Gasteiger partial charge >= 0.3 is 0 Å². The van der Waals surface area contributed by atoms with Crippen molar-refractivity contribution in [2.45, 2.75) is 25.8 Å². The van der Waals surface area contributed by atoms with Crippen molar-refractivity contribution in [1.29, 1.82) is 0 Å². The monoisotopic (exact) mass is 263 g/mol. The number of benzene rings is 1. The van der Waals surface area contributed by atoms with Gasteiger partial charge in [-0.2, -0.15) is 5.10 Å². The van der Waals surface area contributed by atoms with E-state index in [4.69, 9.17) is 0 Å². The Morgan fingerprint density at radius 2 is 2.26 bits per heavy atom. The lowest BCUT2D eigenvalue weighted by Gasteiger charge is -2.17. The summed E-state index contributed by atoms with van der Waals surface area (Å²) in [6.45, 7) is 1.76. The molecule has 0 radical (unpaired) electrons. The third-order valence-electron chi connectivity index (χ3n) is 2.86. The molecule has 2 rings (SSSR count). The van der Waals surface area contributed by atoms with Gasteiger partial charge in [0.2, 0.25) is 5.91 Å². The highest BCUT2D eigenvalue weighted by atomic mass is 19.1. The summed E-state index contributed by atoms with van der Waals surface area (Å²) >= 11 is 0. The molecule has 0 spiro atoms. The Morgan fingerprint density at radius 1 is 1.47 bits per heavy atom. The molecule has 6 heteroatoms. The molecule has 2 amide bonds. The molecule has 0 aliphatic carbocycles. The topological polar surface area (TPSA) is 70.6 Å². The highest BCUT2D eigenvalue weighted by Crippen LogP contribution is 2.13. The molecule has 0 bridgehead atoms. The van der Waals surface area contributed by atoms with Crippen LogP contribution in [-0.4, -0.2) is 17.5 Å². The van der Waals surface area contributed by atoms with E-state index < -0.39 is 0 Å². The maximum atomic E-state index is 13.1. The molecule has 0 fully saturated rings. The second-order valence-corrected chi connectivity index (χ2v) is 4.34. The van der Waals surface area contributed by atoms with Crippen LogP contribution in [0.3, 0.4) is 0 Å². The van der Waals surface area contributed by atoms with Gasteiger partial charge in [-0.3, -0.25) is 9.59 Å². The molecular weight excluding hydrogens is 249 g/mol. The SMILES string of the molecule is CC(NC(=O)C1=NNC(=O)CC1)c1cccc(F)c1. The number of hydrogen-bond donors (Lipinski definition) is 2. The van der Waals surface area contributed by atoms with Gasteiger partial charge in [0.25, 0.3) is 5.91 Å². The summed E-state index contributed by atoms with van der Waals surface area (Å²) in [4.78, 5) is 22.8. The second kappa shape index (κ2) is 5.60. The van der Waals surface area contributed by atoms with Crippen LogP contribution in [-0.2, 0) is 9.59 Å². The lowest BCUT2D eigenvalue weighted by atomic mass is 10.1. The fourth-order valence-electron chi connectivity index (χ4n) is 1.78. The Kier molecular flexibility index (Phi) is 3.89. The fraction of sp³-hybridized carbons (Fsp3) is 0.308. The quantitative estimate of drug-likeness (QED) is 0.862. The Labute approximate surface area is 109 Å². The van der Waals surface area contributed by atoms with Crippen LogP contribution in [0.15, 0.2) is 29.4 Å². The van der Waals surface area contributed by atoms with Gasteiger partial charge in [-0.15, -0.1) is 0 Å². The van der Waals surface area contributed by atoms with Gasteiger partial charge in [-0.05, 0) is 24.6 Å². The van der Waals surface area contributed by atoms with E-state index >= 15 is 0 Å². The average Bonchev–Trinajstić information content (AvgIpc) is 2.39. The van der Waals surface area contributed by atoms with E-state index in [0.29, 0.717) is 12.0 Å². The van der Waals surface area contributed by atoms with E-state index in [9.17, 15) is 14.0 Å². The first-order valence-electron chi connectivity index (χ1n) is 5.98. The summed E-state index contributed by atoms with van der Waals surface area (Å²) in [6, 6.07) is 5.71. The van der Waals surface area contributed by atoms with Crippen LogP contribution in [0.25, 0.3) is 0 Å². The summed E-state index contributed by atoms with van der Waals surface area (Å²) < 4.78 is 13.1. The number of rotatable bonds is 3. The fourth-order valence-corrected chi connectivity index (χ4v) is 1.78. The largest absolute Gasteiger partial charge is 0.344 e. The molecule has 1 heterocycles. The number of nitrogens with one attached hydrogen (secondary N) is 2. The van der Waals surface area contributed by atoms with E-state index in [0.717, 1.165) is 0 Å². The highest BCUT2D eigenvalue weighted by molar-refractivity contribution is 6.39. The molecule has 2 N–H and O–H groups in total. The molecule has 0 saturated carbocycles. The van der Waals surface area contributed by atoms with Gasteiger partial charge in [0.1, 0.15) is 11.5 Å². The molecule has 5 nitrogen and oxygen atoms in total. The van der Waals surface area contributed by atoms with E-state index in [1.165, 1.54) is 12.1 Å². The van der Waals surface area contributed by atoms with E-state index in [1.54, 1.807) is 19.1 Å². The first-order chi connectivity index (χ1) is 9.06. The van der Waals surface area contributed by atoms with Crippen LogP contribution in [0.1, 0.15) is 31.4 Å². The minimum Gasteiger partial charge on any atom is -0.344 e. The van der Waals surface area contributed by atoms with E-state index in [2.05, 4.69) is 15.8 Å². The Hall–Kier alpha value is -2.24. The minimum absolute atomic E-state index is 0.199. The van der Waals surface area contributed by atoms with Crippen molar-refractivity contribution in [2.24, 2.45) is 5.10 Å². The zero-order valence-corrected chi connectivity index (χ0v) is 10.4. The number of nitrogens with zero attached hydrogens (tertiary/aromatic N) is 1. The van der Waals surface area contributed by atoms with Crippen molar-refractivity contribution in [3.05, 3.63) is 35.6 Å². The number of hydrogen-bond acceptors (Lipinski definition) is 3. The minimum atomic E-state index is -0.350. The molecule has 1 aromatic carbocycles. The molecule has 1 aliphatic heterocycles. The molecule has 1 aliphatic rings. The third kappa shape index (κ3) is 3.37. The lowest BCUT2D eigenvalue weighted by molar-refractivity contribution is -0.121. The van der Waals surface area contributed by atoms with Gasteiger partial charge in [0, 0.05) is 12.8 Å². The first-order valence-corrected chi connectivity index (χ1v) is 5.98. The van der Waals surface area contributed by atoms with Crippen LogP contribution >= 0.6 is 0 Å². The lowest BCUT2D eigenvalue weighted by Crippen LogP contribution is -2.37. The molecule has 19 heavy (non-hydrogen) atoms. The van der Waals surface area contributed by atoms with Crippen molar-refractivity contribution < 1.29 is 14.0 Å². The number of amides is 2. The van der Waals surface area contributed by atoms with E-state index in [-0.39, 0.29) is 35.8 Å². The number of hydrazone groups is 1. The number of carbonyl (C=O) groups excluding carboxylic acids is 2. The van der Waals surface area contributed by atoms with Crippen molar-refractivity contribution in [1.82, 2.24) is 10.7 Å². The average molecular weight is 263 g/mol. The number of halogens is 1. The van der Waals surface area contributed by atoms with Crippen LogP contribution in [0.5, 0.6) is 0 Å². The van der Waals surface area contributed by atoms with Gasteiger partial charge in [0.05, 0.1) is 6.04 Å². The maximum Gasteiger partial charge on any atom is 0.267 e. The smallest absolute Gasteiger partial charge is 0.267 e. The van der Waals surface area contributed by atoms with Crippen molar-refractivity contribution in [2.75, 3.05) is 0 Å². The molecule has 0 saturated heterocycles. The molecule has 100 valence electrons. The zero-order valence-electron chi connectivity index (χ0n) is 10.4. The van der Waals surface area contributed by atoms with Gasteiger partial charge < -0.3 is 5.32 Å². The van der Waals surface area contributed by atoms with Crippen LogP contribution in [0, 0.1) is 5.82 Å². The molecule has 1 atom stereocenters. The van der Waals surface area contributed by atoms with Gasteiger partial charge in [-0.25, -0.2) is 9.82 Å². The predicted octanol–water partition coefficient (Wildman–Crippen LogP) is 1.27. The van der Waals surface area contributed by atoms with Crippen LogP contribution in [0.4, 0.5) is 4.39 Å². The van der Waals surface area contributed by atoms with Crippen molar-refractivity contribution in [3.8, 4) is 0 Å². The molecule has 0 aromatic heterocycles. The molecule has 1 aromatic rings. The standard InChI is InChI=1S/C13H14FN3O2/c1-8(9-3-2-4-10(14)7-9)15-13(19)11-5-6-12(18)17-16-11/h2-4,7-8H,5-6H2,1H3,(H,15,19)(H,17,18). The Bertz CT molecular complexity index is 542. The Balaban J connectivity index is 2.01. The third-order valence-corrected chi connectivity index (χ3v) is 2.86. The summed E-state index contributed by atoms with van der Waals surface area (Å²) in [5.74, 6) is -0.896. The van der Waals surface area contributed by atoms with Gasteiger partial charge in [0.15, 0.2) is 0 Å². The van der Waals surface area contributed by atoms with Gasteiger partial charge in [-0.1, -0.05) is 12.1 Å². The maximum absolute atomic E-state index is 13.1. The summed E-state index contributed by atoms with van der Waals surface area (Å²) in [5.41, 5.74) is 3.22. The predicted molar refractivity (Wildman–Crippen MR) is 67.8 cm³/mol. The van der Waals surface area contributed by atoms with Crippen molar-refractivity contribution in [3.63, 3.8) is 0 Å². The van der Waals surface area contributed by atoms with Crippen LogP contribution < -0.4 is 10.7 Å². The van der Waals surface area contributed by atoms with E-state index in [1.807, 2.05) is 0 Å². The summed E-state index contributed by atoms with van der Waals surface area (Å²) in [7, 11) is 0. The van der Waals surface area contributed by atoms with Crippen molar-refractivity contribution >= 4 is 17.5 Å². The summed E-state index contributed by atoms with van der Waals surface area (Å²) in [6.07, 6.45) is 0.564. The molecule has 1 unspecified atom stereocenters. The molecular formula is C13H14FN3O2. The Morgan fingerprint density at radius 3 is 2.89 bits per heavy atom. The zero-order chi connectivity index (χ0) is 13.8. The number of carbonyl (C=O) groups is 2. The van der Waals surface area contributed by atoms with Crippen LogP contribution in [0.2, 0.25) is 0 Å².